The van der Waals surface area contributed by atoms with Crippen molar-refractivity contribution >= 4 is 17.7 Å². The minimum atomic E-state index is -0.0436. The van der Waals surface area contributed by atoms with Gasteiger partial charge in [-0.15, -0.1) is 0 Å². The van der Waals surface area contributed by atoms with Crippen molar-refractivity contribution in [2.45, 2.75) is 64.8 Å². The van der Waals surface area contributed by atoms with Gasteiger partial charge in [-0.1, -0.05) is 13.8 Å². The van der Waals surface area contributed by atoms with E-state index < -0.39 is 0 Å². The molecule has 20 heavy (non-hydrogen) atoms. The largest absolute Gasteiger partial charge is 0.469 e. The maximum Gasteiger partial charge on any atom is 0.306 e. The molecule has 0 saturated heterocycles. The van der Waals surface area contributed by atoms with Crippen LogP contribution in [0.1, 0.15) is 58.8 Å². The second kappa shape index (κ2) is 9.67. The maximum absolute atomic E-state index is 11.3. The van der Waals surface area contributed by atoms with E-state index in [0.29, 0.717) is 12.5 Å². The molecule has 0 heterocycles. The van der Waals surface area contributed by atoms with Gasteiger partial charge in [-0.05, 0) is 62.0 Å². The van der Waals surface area contributed by atoms with Gasteiger partial charge in [0.15, 0.2) is 0 Å². The van der Waals surface area contributed by atoms with Crippen LogP contribution in [0.25, 0.3) is 0 Å². The second-order valence-electron chi connectivity index (χ2n) is 6.01. The molecule has 1 unspecified atom stereocenters. The summed E-state index contributed by atoms with van der Waals surface area (Å²) in [6.07, 6.45) is 7.99. The number of hydrogen-bond acceptors (Lipinski definition) is 4. The van der Waals surface area contributed by atoms with Crippen molar-refractivity contribution in [3.8, 4) is 0 Å². The normalized spacial score (nSPS) is 17.8. The van der Waals surface area contributed by atoms with Gasteiger partial charge >= 0.3 is 5.97 Å². The van der Waals surface area contributed by atoms with Crippen molar-refractivity contribution in [2.24, 2.45) is 5.41 Å². The van der Waals surface area contributed by atoms with Crippen molar-refractivity contribution in [2.75, 3.05) is 25.2 Å². The molecule has 118 valence electrons. The summed E-state index contributed by atoms with van der Waals surface area (Å²) < 4.78 is 4.78. The van der Waals surface area contributed by atoms with Gasteiger partial charge in [0, 0.05) is 6.04 Å². The Kier molecular flexibility index (Phi) is 8.62. The SMILES string of the molecule is CCCNC(CC)CCCSCC1(CC(=O)OC)CC1. The van der Waals surface area contributed by atoms with Gasteiger partial charge in [0.25, 0.3) is 0 Å². The highest BCUT2D eigenvalue weighted by atomic mass is 32.2. The average Bonchev–Trinajstić information content (AvgIpc) is 3.21. The first-order valence-corrected chi connectivity index (χ1v) is 9.19. The number of carbonyl (C=O) groups is 1. The third-order valence-corrected chi connectivity index (χ3v) is 5.52. The highest BCUT2D eigenvalue weighted by Gasteiger charge is 2.44. The molecule has 0 bridgehead atoms. The van der Waals surface area contributed by atoms with Crippen LogP contribution in [0.3, 0.4) is 0 Å². The summed E-state index contributed by atoms with van der Waals surface area (Å²) in [5.74, 6) is 2.30. The zero-order valence-electron chi connectivity index (χ0n) is 13.4. The van der Waals surface area contributed by atoms with Crippen LogP contribution < -0.4 is 5.32 Å². The fourth-order valence-electron chi connectivity index (χ4n) is 2.45. The highest BCUT2D eigenvalue weighted by Crippen LogP contribution is 2.51. The lowest BCUT2D eigenvalue weighted by Crippen LogP contribution is -2.29. The van der Waals surface area contributed by atoms with Gasteiger partial charge in [-0.2, -0.15) is 11.8 Å². The van der Waals surface area contributed by atoms with Crippen molar-refractivity contribution in [1.82, 2.24) is 5.32 Å². The molecule has 1 rings (SSSR count). The molecule has 0 aromatic rings. The Morgan fingerprint density at radius 3 is 2.70 bits per heavy atom. The van der Waals surface area contributed by atoms with Crippen molar-refractivity contribution in [1.29, 1.82) is 0 Å². The molecule has 0 radical (unpaired) electrons. The summed E-state index contributed by atoms with van der Waals surface area (Å²) >= 11 is 2.02. The summed E-state index contributed by atoms with van der Waals surface area (Å²) in [4.78, 5) is 11.3. The highest BCUT2D eigenvalue weighted by molar-refractivity contribution is 7.99. The fourth-order valence-corrected chi connectivity index (χ4v) is 3.79. The van der Waals surface area contributed by atoms with Gasteiger partial charge in [0.05, 0.1) is 13.5 Å². The molecule has 0 aliphatic heterocycles. The van der Waals surface area contributed by atoms with Crippen LogP contribution in [-0.2, 0) is 9.53 Å². The molecule has 1 saturated carbocycles. The van der Waals surface area contributed by atoms with E-state index in [1.807, 2.05) is 11.8 Å². The molecular weight excluding hydrogens is 270 g/mol. The van der Waals surface area contributed by atoms with Crippen LogP contribution in [0.5, 0.6) is 0 Å². The number of carbonyl (C=O) groups excluding carboxylic acids is 1. The Morgan fingerprint density at radius 1 is 1.40 bits per heavy atom. The molecule has 0 aromatic carbocycles. The van der Waals surface area contributed by atoms with E-state index in [0.717, 1.165) is 12.3 Å². The minimum Gasteiger partial charge on any atom is -0.469 e. The first-order valence-electron chi connectivity index (χ1n) is 8.03. The van der Waals surface area contributed by atoms with Crippen LogP contribution in [-0.4, -0.2) is 37.2 Å². The lowest BCUT2D eigenvalue weighted by molar-refractivity contribution is -0.141. The molecule has 4 heteroatoms. The number of esters is 1. The predicted octanol–water partition coefficient (Wildman–Crippen LogP) is 3.62. The van der Waals surface area contributed by atoms with Crippen molar-refractivity contribution in [3.63, 3.8) is 0 Å². The van der Waals surface area contributed by atoms with Crippen molar-refractivity contribution < 1.29 is 9.53 Å². The van der Waals surface area contributed by atoms with E-state index >= 15 is 0 Å². The van der Waals surface area contributed by atoms with E-state index in [9.17, 15) is 4.79 Å². The first-order chi connectivity index (χ1) is 9.65. The number of hydrogen-bond donors (Lipinski definition) is 1. The average molecular weight is 301 g/mol. The number of rotatable bonds is 12. The summed E-state index contributed by atoms with van der Waals surface area (Å²) in [7, 11) is 1.49. The van der Waals surface area contributed by atoms with E-state index in [2.05, 4.69) is 19.2 Å². The number of nitrogens with one attached hydrogen (secondary N) is 1. The molecule has 1 aliphatic rings. The topological polar surface area (TPSA) is 38.3 Å². The Labute approximate surface area is 128 Å². The van der Waals surface area contributed by atoms with Crippen LogP contribution in [0.15, 0.2) is 0 Å². The Hall–Kier alpha value is -0.220. The molecule has 0 aromatic heterocycles. The Bertz CT molecular complexity index is 280. The van der Waals surface area contributed by atoms with Crippen LogP contribution in [0, 0.1) is 5.41 Å². The van der Waals surface area contributed by atoms with E-state index in [1.165, 1.54) is 51.4 Å². The molecule has 1 atom stereocenters. The molecular formula is C16H31NO2S. The number of thioether (sulfide) groups is 1. The predicted molar refractivity (Wildman–Crippen MR) is 87.2 cm³/mol. The summed E-state index contributed by atoms with van der Waals surface area (Å²) in [5.41, 5.74) is 0.280. The van der Waals surface area contributed by atoms with Gasteiger partial charge < -0.3 is 10.1 Å². The molecule has 0 amide bonds. The zero-order chi connectivity index (χ0) is 14.8. The Balaban J connectivity index is 2.05. The van der Waals surface area contributed by atoms with Crippen LogP contribution in [0.4, 0.5) is 0 Å². The van der Waals surface area contributed by atoms with Crippen LogP contribution >= 0.6 is 11.8 Å². The molecule has 1 N–H and O–H groups in total. The lowest BCUT2D eigenvalue weighted by Gasteiger charge is -2.17. The third kappa shape index (κ3) is 6.98. The first kappa shape index (κ1) is 17.8. The van der Waals surface area contributed by atoms with Crippen molar-refractivity contribution in [3.05, 3.63) is 0 Å². The van der Waals surface area contributed by atoms with Gasteiger partial charge in [0.1, 0.15) is 0 Å². The van der Waals surface area contributed by atoms with Gasteiger partial charge in [-0.3, -0.25) is 4.79 Å². The third-order valence-electron chi connectivity index (χ3n) is 4.13. The molecule has 0 spiro atoms. The minimum absolute atomic E-state index is 0.0436. The van der Waals surface area contributed by atoms with E-state index in [4.69, 9.17) is 4.74 Å². The van der Waals surface area contributed by atoms with Gasteiger partial charge in [-0.25, -0.2) is 0 Å². The Morgan fingerprint density at radius 2 is 2.15 bits per heavy atom. The standard InChI is InChI=1S/C16H31NO2S/c1-4-10-17-14(5-2)7-6-11-20-13-16(8-9-16)12-15(18)19-3/h14,17H,4-13H2,1-3H3. The lowest BCUT2D eigenvalue weighted by atomic mass is 10.1. The summed E-state index contributed by atoms with van der Waals surface area (Å²) in [6.45, 7) is 5.61. The summed E-state index contributed by atoms with van der Waals surface area (Å²) in [5, 5.41) is 3.60. The smallest absolute Gasteiger partial charge is 0.306 e. The quantitative estimate of drug-likeness (QED) is 0.441. The van der Waals surface area contributed by atoms with E-state index in [-0.39, 0.29) is 11.4 Å². The van der Waals surface area contributed by atoms with Gasteiger partial charge in [0.2, 0.25) is 0 Å². The zero-order valence-corrected chi connectivity index (χ0v) is 14.2. The number of ether oxygens (including phenoxy) is 1. The number of methoxy groups -OCH3 is 1. The van der Waals surface area contributed by atoms with Crippen LogP contribution in [0.2, 0.25) is 0 Å². The fraction of sp³-hybridized carbons (Fsp3) is 0.938. The maximum atomic E-state index is 11.3. The molecule has 3 nitrogen and oxygen atoms in total. The molecule has 1 fully saturated rings. The monoisotopic (exact) mass is 301 g/mol. The second-order valence-corrected chi connectivity index (χ2v) is 7.11. The summed E-state index contributed by atoms with van der Waals surface area (Å²) in [6, 6.07) is 0.681. The molecule has 1 aliphatic carbocycles. The van der Waals surface area contributed by atoms with E-state index in [1.54, 1.807) is 0 Å².